The minimum absolute atomic E-state index is 0.0877. The molecule has 2 aliphatic heterocycles. The van der Waals surface area contributed by atoms with E-state index in [1.165, 1.54) is 7.11 Å². The van der Waals surface area contributed by atoms with E-state index in [1.807, 2.05) is 40.0 Å². The number of ether oxygens (including phenoxy) is 1. The van der Waals surface area contributed by atoms with Crippen LogP contribution in [0.2, 0.25) is 0 Å². The number of carbonyl (C=O) groups is 2. The molecular formula is C20H25N5O3. The Bertz CT molecular complexity index is 852. The summed E-state index contributed by atoms with van der Waals surface area (Å²) < 4.78 is 6.74. The molecule has 1 saturated heterocycles. The number of nitrogens with one attached hydrogen (secondary N) is 1. The molecule has 2 aliphatic rings. The monoisotopic (exact) mass is 383 g/mol. The highest BCUT2D eigenvalue weighted by Crippen LogP contribution is 2.30. The van der Waals surface area contributed by atoms with Crippen molar-refractivity contribution in [3.63, 3.8) is 0 Å². The van der Waals surface area contributed by atoms with E-state index in [9.17, 15) is 9.59 Å². The number of benzene rings is 1. The van der Waals surface area contributed by atoms with Crippen LogP contribution in [-0.2, 0) is 17.7 Å². The van der Waals surface area contributed by atoms with Crippen molar-refractivity contribution in [3.8, 4) is 0 Å². The molecule has 8 heteroatoms. The van der Waals surface area contributed by atoms with Crippen molar-refractivity contribution < 1.29 is 14.3 Å². The Labute approximate surface area is 164 Å². The molecule has 1 fully saturated rings. The van der Waals surface area contributed by atoms with E-state index < -0.39 is 0 Å². The lowest BCUT2D eigenvalue weighted by atomic mass is 10.0. The zero-order chi connectivity index (χ0) is 19.5. The number of aromatic nitrogens is 2. The molecule has 148 valence electrons. The van der Waals surface area contributed by atoms with Gasteiger partial charge in [0.15, 0.2) is 0 Å². The Kier molecular flexibility index (Phi) is 5.18. The van der Waals surface area contributed by atoms with Gasteiger partial charge in [-0.15, -0.1) is 0 Å². The third kappa shape index (κ3) is 3.67. The third-order valence-electron chi connectivity index (χ3n) is 5.44. The van der Waals surface area contributed by atoms with Crippen molar-refractivity contribution in [1.82, 2.24) is 14.7 Å². The van der Waals surface area contributed by atoms with E-state index in [1.54, 1.807) is 11.1 Å². The molecule has 3 heterocycles. The Morgan fingerprint density at radius 2 is 2.18 bits per heavy atom. The second-order valence-corrected chi connectivity index (χ2v) is 7.22. The molecular weight excluding hydrogens is 358 g/mol. The first-order chi connectivity index (χ1) is 13.7. The minimum Gasteiger partial charge on any atom is -0.452 e. The number of aryl methyl sites for hydroxylation is 1. The van der Waals surface area contributed by atoms with Crippen molar-refractivity contribution in [3.05, 3.63) is 42.2 Å². The normalized spacial score (nSPS) is 18.7. The molecule has 28 heavy (non-hydrogen) atoms. The van der Waals surface area contributed by atoms with Crippen LogP contribution in [-0.4, -0.2) is 53.0 Å². The van der Waals surface area contributed by atoms with E-state index in [-0.39, 0.29) is 18.2 Å². The molecule has 0 saturated carbocycles. The van der Waals surface area contributed by atoms with Crippen LogP contribution in [0.4, 0.5) is 21.0 Å². The van der Waals surface area contributed by atoms with Crippen LogP contribution in [0.3, 0.4) is 0 Å². The second kappa shape index (κ2) is 7.92. The molecule has 1 N–H and O–H groups in total. The SMILES string of the molecule is COC(=O)N1CCCc2cc(NC(=O)N3CCCC3Cn3cccn3)ccc21. The maximum Gasteiger partial charge on any atom is 0.414 e. The number of fused-ring (bicyclic) bond motifs is 1. The van der Waals surface area contributed by atoms with Crippen molar-refractivity contribution >= 4 is 23.5 Å². The van der Waals surface area contributed by atoms with Gasteiger partial charge in [0.25, 0.3) is 0 Å². The molecule has 3 amide bonds. The summed E-state index contributed by atoms with van der Waals surface area (Å²) >= 11 is 0. The number of hydrogen-bond donors (Lipinski definition) is 1. The topological polar surface area (TPSA) is 79.7 Å². The van der Waals surface area contributed by atoms with Gasteiger partial charge < -0.3 is 15.0 Å². The predicted octanol–water partition coefficient (Wildman–Crippen LogP) is 3.10. The predicted molar refractivity (Wildman–Crippen MR) is 105 cm³/mol. The summed E-state index contributed by atoms with van der Waals surface area (Å²) in [4.78, 5) is 28.3. The van der Waals surface area contributed by atoms with Crippen LogP contribution in [0.5, 0.6) is 0 Å². The van der Waals surface area contributed by atoms with Crippen molar-refractivity contribution in [2.75, 3.05) is 30.4 Å². The van der Waals surface area contributed by atoms with Crippen LogP contribution in [0.15, 0.2) is 36.7 Å². The maximum atomic E-state index is 12.8. The van der Waals surface area contributed by atoms with Crippen LogP contribution in [0.1, 0.15) is 24.8 Å². The Balaban J connectivity index is 1.45. The largest absolute Gasteiger partial charge is 0.452 e. The van der Waals surface area contributed by atoms with Gasteiger partial charge in [0.1, 0.15) is 0 Å². The first-order valence-electron chi connectivity index (χ1n) is 9.69. The number of urea groups is 1. The fourth-order valence-electron chi connectivity index (χ4n) is 4.09. The smallest absolute Gasteiger partial charge is 0.414 e. The number of carbonyl (C=O) groups excluding carboxylic acids is 2. The molecule has 0 spiro atoms. The van der Waals surface area contributed by atoms with E-state index in [0.717, 1.165) is 49.2 Å². The number of hydrogen-bond acceptors (Lipinski definition) is 4. The van der Waals surface area contributed by atoms with Gasteiger partial charge in [-0.25, -0.2) is 9.59 Å². The summed E-state index contributed by atoms with van der Waals surface area (Å²) in [7, 11) is 1.39. The Morgan fingerprint density at radius 1 is 1.29 bits per heavy atom. The molecule has 1 aromatic carbocycles. The lowest BCUT2D eigenvalue weighted by Gasteiger charge is -2.29. The number of methoxy groups -OCH3 is 1. The van der Waals surface area contributed by atoms with Gasteiger partial charge in [-0.05, 0) is 55.5 Å². The summed E-state index contributed by atoms with van der Waals surface area (Å²) in [6.07, 6.45) is 7.05. The van der Waals surface area contributed by atoms with Crippen LogP contribution in [0, 0.1) is 0 Å². The second-order valence-electron chi connectivity index (χ2n) is 7.22. The Morgan fingerprint density at radius 3 is 2.96 bits per heavy atom. The van der Waals surface area contributed by atoms with Gasteiger partial charge in [-0.3, -0.25) is 9.58 Å². The number of anilines is 2. The van der Waals surface area contributed by atoms with Crippen molar-refractivity contribution in [2.24, 2.45) is 0 Å². The summed E-state index contributed by atoms with van der Waals surface area (Å²) in [5.74, 6) is 0. The number of nitrogens with zero attached hydrogens (tertiary/aromatic N) is 4. The van der Waals surface area contributed by atoms with E-state index in [4.69, 9.17) is 4.74 Å². The third-order valence-corrected chi connectivity index (χ3v) is 5.44. The molecule has 2 aromatic rings. The van der Waals surface area contributed by atoms with Gasteiger partial charge in [0, 0.05) is 31.2 Å². The molecule has 1 atom stereocenters. The lowest BCUT2D eigenvalue weighted by molar-refractivity contribution is 0.178. The van der Waals surface area contributed by atoms with Crippen LogP contribution >= 0.6 is 0 Å². The fourth-order valence-corrected chi connectivity index (χ4v) is 4.09. The number of rotatable bonds is 3. The summed E-state index contributed by atoms with van der Waals surface area (Å²) in [5, 5.41) is 7.27. The van der Waals surface area contributed by atoms with Gasteiger partial charge in [0.05, 0.1) is 25.4 Å². The molecule has 1 aromatic heterocycles. The summed E-state index contributed by atoms with van der Waals surface area (Å²) in [5.41, 5.74) is 2.65. The zero-order valence-corrected chi connectivity index (χ0v) is 16.0. The molecule has 8 nitrogen and oxygen atoms in total. The molecule has 0 radical (unpaired) electrons. The standard InChI is InChI=1S/C20H25N5O3/c1-28-20(27)25-12-2-5-15-13-16(7-8-18(15)25)22-19(26)24-11-3-6-17(24)14-23-10-4-9-21-23/h4,7-10,13,17H,2-3,5-6,11-12,14H2,1H3,(H,22,26). The van der Waals surface area contributed by atoms with Crippen LogP contribution in [0.25, 0.3) is 0 Å². The van der Waals surface area contributed by atoms with Crippen molar-refractivity contribution in [2.45, 2.75) is 38.3 Å². The van der Waals surface area contributed by atoms with E-state index in [0.29, 0.717) is 13.1 Å². The highest BCUT2D eigenvalue weighted by Gasteiger charge is 2.29. The lowest BCUT2D eigenvalue weighted by Crippen LogP contribution is -2.41. The Hall–Kier alpha value is -3.03. The molecule has 1 unspecified atom stereocenters. The zero-order valence-electron chi connectivity index (χ0n) is 16.0. The van der Waals surface area contributed by atoms with Gasteiger partial charge in [-0.1, -0.05) is 0 Å². The van der Waals surface area contributed by atoms with Crippen molar-refractivity contribution in [1.29, 1.82) is 0 Å². The summed E-state index contributed by atoms with van der Waals surface area (Å²) in [6.45, 7) is 2.10. The fraction of sp³-hybridized carbons (Fsp3) is 0.450. The molecule has 0 bridgehead atoms. The molecule has 4 rings (SSSR count). The maximum absolute atomic E-state index is 12.8. The highest BCUT2D eigenvalue weighted by atomic mass is 16.5. The number of amides is 3. The highest BCUT2D eigenvalue weighted by molar-refractivity contribution is 5.92. The first kappa shape index (κ1) is 18.3. The first-order valence-corrected chi connectivity index (χ1v) is 9.69. The van der Waals surface area contributed by atoms with Gasteiger partial charge >= 0.3 is 12.1 Å². The summed E-state index contributed by atoms with van der Waals surface area (Å²) in [6, 6.07) is 7.64. The average molecular weight is 383 g/mol. The molecule has 0 aliphatic carbocycles. The average Bonchev–Trinajstić information content (AvgIpc) is 3.39. The van der Waals surface area contributed by atoms with E-state index >= 15 is 0 Å². The minimum atomic E-state index is -0.351. The van der Waals surface area contributed by atoms with Gasteiger partial charge in [0.2, 0.25) is 0 Å². The number of likely N-dealkylation sites (tertiary alicyclic amines) is 1. The van der Waals surface area contributed by atoms with Gasteiger partial charge in [-0.2, -0.15) is 5.10 Å². The quantitative estimate of drug-likeness (QED) is 0.883. The van der Waals surface area contributed by atoms with Crippen LogP contribution < -0.4 is 10.2 Å². The van der Waals surface area contributed by atoms with E-state index in [2.05, 4.69) is 10.4 Å².